The largest absolute Gasteiger partial charge is 0.411 e. The second kappa shape index (κ2) is 7.62. The predicted molar refractivity (Wildman–Crippen MR) is 89.2 cm³/mol. The molecule has 0 unspecified atom stereocenters. The van der Waals surface area contributed by atoms with E-state index >= 15 is 0 Å². The van der Waals surface area contributed by atoms with Gasteiger partial charge in [0.2, 0.25) is 15.7 Å². The number of rotatable bonds is 6. The average Bonchev–Trinajstić information content (AvgIpc) is 3.12. The molecule has 10 heteroatoms. The third-order valence-electron chi connectivity index (χ3n) is 3.54. The summed E-state index contributed by atoms with van der Waals surface area (Å²) in [6.07, 6.45) is 0. The van der Waals surface area contributed by atoms with Crippen LogP contribution >= 0.6 is 0 Å². The first kappa shape index (κ1) is 18.6. The fourth-order valence-corrected chi connectivity index (χ4v) is 3.37. The first-order valence-corrected chi connectivity index (χ1v) is 9.33. The maximum atomic E-state index is 13.6. The second-order valence-electron chi connectivity index (χ2n) is 5.47. The molecule has 1 amide bonds. The van der Waals surface area contributed by atoms with Gasteiger partial charge < -0.3 is 9.73 Å². The van der Waals surface area contributed by atoms with Gasteiger partial charge in [0.15, 0.2) is 0 Å². The van der Waals surface area contributed by atoms with E-state index in [1.54, 1.807) is 0 Å². The number of hydrogen-bond donors (Lipinski definition) is 1. The molecular formula is C17H13F2N3O4S. The number of amides is 1. The van der Waals surface area contributed by atoms with Crippen LogP contribution in [0.25, 0.3) is 0 Å². The van der Waals surface area contributed by atoms with Gasteiger partial charge >= 0.3 is 5.22 Å². The Morgan fingerprint density at radius 3 is 2.37 bits per heavy atom. The molecule has 7 nitrogen and oxygen atoms in total. The fraction of sp³-hybridized carbons (Fsp3) is 0.118. The lowest BCUT2D eigenvalue weighted by Crippen LogP contribution is -2.23. The zero-order valence-corrected chi connectivity index (χ0v) is 14.5. The lowest BCUT2D eigenvalue weighted by Gasteiger charge is -2.03. The molecule has 1 heterocycles. The molecule has 0 aliphatic heterocycles. The van der Waals surface area contributed by atoms with E-state index in [1.165, 1.54) is 36.4 Å². The van der Waals surface area contributed by atoms with Gasteiger partial charge in [0.25, 0.3) is 5.91 Å². The maximum absolute atomic E-state index is 13.6. The summed E-state index contributed by atoms with van der Waals surface area (Å²) in [5.41, 5.74) is -0.213. The minimum atomic E-state index is -4.07. The van der Waals surface area contributed by atoms with Crippen LogP contribution in [0.3, 0.4) is 0 Å². The lowest BCUT2D eigenvalue weighted by molar-refractivity contribution is 0.0942. The van der Waals surface area contributed by atoms with Crippen LogP contribution in [-0.4, -0.2) is 24.5 Å². The van der Waals surface area contributed by atoms with Crippen LogP contribution in [0.1, 0.15) is 21.8 Å². The average molecular weight is 393 g/mol. The van der Waals surface area contributed by atoms with Gasteiger partial charge in [-0.1, -0.05) is 35.4 Å². The van der Waals surface area contributed by atoms with Gasteiger partial charge in [-0.2, -0.15) is 0 Å². The first-order chi connectivity index (χ1) is 12.9. The summed E-state index contributed by atoms with van der Waals surface area (Å²) in [5.74, 6) is -2.93. The van der Waals surface area contributed by atoms with E-state index in [-0.39, 0.29) is 23.6 Å². The van der Waals surface area contributed by atoms with E-state index in [0.29, 0.717) is 0 Å². The standard InChI is InChI=1S/C17H13F2N3O4S/c18-13-7-3-1-5-11(13)10-27(24,25)17-22-21-15(26-17)9-20-16(23)12-6-2-4-8-14(12)19/h1-8H,9-10H2,(H,20,23). The smallest absolute Gasteiger partial charge is 0.335 e. The number of benzene rings is 2. The summed E-state index contributed by atoms with van der Waals surface area (Å²) in [5, 5.41) is 8.62. The Morgan fingerprint density at radius 1 is 1.00 bits per heavy atom. The molecule has 0 aliphatic rings. The Labute approximate surface area is 153 Å². The van der Waals surface area contributed by atoms with Gasteiger partial charge in [-0.25, -0.2) is 17.2 Å². The number of carbonyl (C=O) groups excluding carboxylic acids is 1. The summed E-state index contributed by atoms with van der Waals surface area (Å²) in [7, 11) is -4.07. The lowest BCUT2D eigenvalue weighted by atomic mass is 10.2. The molecule has 27 heavy (non-hydrogen) atoms. The van der Waals surface area contributed by atoms with Gasteiger partial charge in [0.1, 0.15) is 11.6 Å². The van der Waals surface area contributed by atoms with Crippen molar-refractivity contribution in [1.82, 2.24) is 15.5 Å². The van der Waals surface area contributed by atoms with Crippen LogP contribution in [0.15, 0.2) is 58.2 Å². The van der Waals surface area contributed by atoms with Crippen LogP contribution in [0.2, 0.25) is 0 Å². The van der Waals surface area contributed by atoms with E-state index in [0.717, 1.165) is 12.1 Å². The van der Waals surface area contributed by atoms with Gasteiger partial charge in [-0.05, 0) is 18.2 Å². The number of carbonyl (C=O) groups is 1. The SMILES string of the molecule is O=C(NCc1nnc(S(=O)(=O)Cc2ccccc2F)o1)c1ccccc1F. The number of sulfone groups is 1. The zero-order chi connectivity index (χ0) is 19.4. The molecule has 3 aromatic rings. The quantitative estimate of drug-likeness (QED) is 0.689. The number of nitrogens with one attached hydrogen (secondary N) is 1. The van der Waals surface area contributed by atoms with Crippen LogP contribution in [0, 0.1) is 11.6 Å². The van der Waals surface area contributed by atoms with E-state index in [4.69, 9.17) is 4.42 Å². The first-order valence-electron chi connectivity index (χ1n) is 7.68. The predicted octanol–water partition coefficient (Wildman–Crippen LogP) is 2.25. The Balaban J connectivity index is 1.68. The highest BCUT2D eigenvalue weighted by molar-refractivity contribution is 7.90. The molecule has 0 saturated heterocycles. The van der Waals surface area contributed by atoms with Crippen molar-refractivity contribution in [3.8, 4) is 0 Å². The summed E-state index contributed by atoms with van der Waals surface area (Å²) in [6.45, 7) is -0.296. The van der Waals surface area contributed by atoms with Crippen LogP contribution in [0.4, 0.5) is 8.78 Å². The highest BCUT2D eigenvalue weighted by atomic mass is 32.2. The van der Waals surface area contributed by atoms with Crippen molar-refractivity contribution in [1.29, 1.82) is 0 Å². The van der Waals surface area contributed by atoms with Crippen LogP contribution in [0.5, 0.6) is 0 Å². The third kappa shape index (κ3) is 4.34. The minimum Gasteiger partial charge on any atom is -0.411 e. The molecule has 0 saturated carbocycles. The van der Waals surface area contributed by atoms with Gasteiger partial charge in [-0.15, -0.1) is 5.10 Å². The van der Waals surface area contributed by atoms with Crippen molar-refractivity contribution < 1.29 is 26.4 Å². The molecule has 2 aromatic carbocycles. The van der Waals surface area contributed by atoms with Crippen molar-refractivity contribution in [2.45, 2.75) is 17.5 Å². The summed E-state index contributed by atoms with van der Waals surface area (Å²) in [6, 6.07) is 10.8. The third-order valence-corrected chi connectivity index (χ3v) is 4.92. The van der Waals surface area contributed by atoms with E-state index in [9.17, 15) is 22.0 Å². The van der Waals surface area contributed by atoms with Crippen LogP contribution < -0.4 is 5.32 Å². The molecule has 0 atom stereocenters. The van der Waals surface area contributed by atoms with Crippen molar-refractivity contribution in [3.05, 3.63) is 77.2 Å². The van der Waals surface area contributed by atoms with E-state index in [2.05, 4.69) is 15.5 Å². The molecule has 0 bridgehead atoms. The van der Waals surface area contributed by atoms with Gasteiger partial charge in [0.05, 0.1) is 17.9 Å². The topological polar surface area (TPSA) is 102 Å². The Hall–Kier alpha value is -3.14. The van der Waals surface area contributed by atoms with E-state index < -0.39 is 38.4 Å². The summed E-state index contributed by atoms with van der Waals surface area (Å²) >= 11 is 0. The van der Waals surface area contributed by atoms with E-state index in [1.807, 2.05) is 0 Å². The Morgan fingerprint density at radius 2 is 1.67 bits per heavy atom. The van der Waals surface area contributed by atoms with Gasteiger partial charge in [0, 0.05) is 5.56 Å². The number of aromatic nitrogens is 2. The minimum absolute atomic E-state index is 0.0369. The highest BCUT2D eigenvalue weighted by Gasteiger charge is 2.24. The number of hydrogen-bond acceptors (Lipinski definition) is 6. The Kier molecular flexibility index (Phi) is 5.26. The second-order valence-corrected chi connectivity index (χ2v) is 7.34. The number of halogens is 2. The highest BCUT2D eigenvalue weighted by Crippen LogP contribution is 2.17. The van der Waals surface area contributed by atoms with Gasteiger partial charge in [-0.3, -0.25) is 4.79 Å². The molecule has 0 radical (unpaired) electrons. The normalized spacial score (nSPS) is 11.3. The number of nitrogens with zero attached hydrogens (tertiary/aromatic N) is 2. The molecular weight excluding hydrogens is 380 g/mol. The molecule has 140 valence electrons. The van der Waals surface area contributed by atoms with Crippen molar-refractivity contribution >= 4 is 15.7 Å². The molecule has 1 N–H and O–H groups in total. The van der Waals surface area contributed by atoms with Crippen molar-refractivity contribution in [2.24, 2.45) is 0 Å². The maximum Gasteiger partial charge on any atom is 0.335 e. The molecule has 0 fully saturated rings. The molecule has 0 aliphatic carbocycles. The molecule has 3 rings (SSSR count). The molecule has 0 spiro atoms. The van der Waals surface area contributed by atoms with Crippen molar-refractivity contribution in [2.75, 3.05) is 0 Å². The fourth-order valence-electron chi connectivity index (χ4n) is 2.21. The van der Waals surface area contributed by atoms with Crippen molar-refractivity contribution in [3.63, 3.8) is 0 Å². The molecule has 1 aromatic heterocycles. The zero-order valence-electron chi connectivity index (χ0n) is 13.7. The summed E-state index contributed by atoms with van der Waals surface area (Å²) in [4.78, 5) is 11.9. The summed E-state index contributed by atoms with van der Waals surface area (Å²) < 4.78 is 56.8. The Bertz CT molecular complexity index is 1080. The monoisotopic (exact) mass is 393 g/mol. The van der Waals surface area contributed by atoms with Crippen LogP contribution in [-0.2, 0) is 22.1 Å².